The minimum absolute atomic E-state index is 0.0306. The van der Waals surface area contributed by atoms with Crippen molar-refractivity contribution < 1.29 is 5.11 Å². The molecule has 0 aliphatic rings. The quantitative estimate of drug-likeness (QED) is 0.393. The summed E-state index contributed by atoms with van der Waals surface area (Å²) in [4.78, 5) is 3.61. The van der Waals surface area contributed by atoms with Crippen LogP contribution in [0.4, 0.5) is 0 Å². The van der Waals surface area contributed by atoms with Gasteiger partial charge in [0.05, 0.1) is 0 Å². The van der Waals surface area contributed by atoms with Gasteiger partial charge >= 0.3 is 0 Å². The highest BCUT2D eigenvalue weighted by Gasteiger charge is 1.93. The third-order valence-corrected chi connectivity index (χ3v) is 2.70. The van der Waals surface area contributed by atoms with E-state index in [1.165, 1.54) is 18.4 Å². The van der Waals surface area contributed by atoms with Crippen LogP contribution in [-0.4, -0.2) is 12.9 Å². The lowest BCUT2D eigenvalue weighted by Gasteiger charge is -2.08. The zero-order valence-corrected chi connectivity index (χ0v) is 9.98. The lowest BCUT2D eigenvalue weighted by molar-refractivity contribution is -0.219. The van der Waals surface area contributed by atoms with Gasteiger partial charge in [-0.2, -0.15) is 0 Å². The normalized spacial score (nSPS) is 11.7. The van der Waals surface area contributed by atoms with Crippen LogP contribution in [0, 0.1) is 0 Å². The van der Waals surface area contributed by atoms with E-state index in [2.05, 4.69) is 29.3 Å². The van der Waals surface area contributed by atoms with Gasteiger partial charge in [0.1, 0.15) is 0 Å². The standard InChI is InChI=1S/C14H21NO/c1-15-14(16)12-8-3-2-5-9-13-10-6-4-7-11-13/h4,6-7,10-11H,2-3,5,8-9,12H2,1H3,(H,15,16)/p-1. The Labute approximate surface area is 98.0 Å². The van der Waals surface area contributed by atoms with Gasteiger partial charge < -0.3 is 10.1 Å². The summed E-state index contributed by atoms with van der Waals surface area (Å²) in [6, 6.07) is 10.5. The first kappa shape index (κ1) is 12.8. The molecule has 2 nitrogen and oxygen atoms in total. The van der Waals surface area contributed by atoms with Crippen molar-refractivity contribution in [2.45, 2.75) is 38.5 Å². The Morgan fingerprint density at radius 3 is 2.44 bits per heavy atom. The number of unbranched alkanes of at least 4 members (excludes halogenated alkanes) is 3. The van der Waals surface area contributed by atoms with Gasteiger partial charge in [0.15, 0.2) is 0 Å². The minimum Gasteiger partial charge on any atom is -0.862 e. The number of aryl methyl sites for hydroxylation is 1. The molecule has 0 unspecified atom stereocenters. The predicted molar refractivity (Wildman–Crippen MR) is 66.6 cm³/mol. The van der Waals surface area contributed by atoms with Crippen LogP contribution in [0.15, 0.2) is 35.3 Å². The lowest BCUT2D eigenvalue weighted by Crippen LogP contribution is -2.16. The second kappa shape index (κ2) is 7.91. The summed E-state index contributed by atoms with van der Waals surface area (Å²) in [6.45, 7) is 0. The Morgan fingerprint density at radius 1 is 1.06 bits per heavy atom. The summed E-state index contributed by atoms with van der Waals surface area (Å²) >= 11 is 0. The molecule has 0 atom stereocenters. The Kier molecular flexibility index (Phi) is 6.31. The van der Waals surface area contributed by atoms with Crippen LogP contribution in [0.25, 0.3) is 0 Å². The topological polar surface area (TPSA) is 35.4 Å². The molecular formula is C14H20NO-. The lowest BCUT2D eigenvalue weighted by atomic mass is 10.1. The van der Waals surface area contributed by atoms with E-state index in [0.29, 0.717) is 6.42 Å². The molecule has 0 saturated carbocycles. The molecule has 0 aromatic heterocycles. The molecule has 88 valence electrons. The number of benzene rings is 1. The molecule has 0 aliphatic heterocycles. The number of hydrogen-bond donors (Lipinski definition) is 0. The van der Waals surface area contributed by atoms with E-state index in [1.54, 1.807) is 7.05 Å². The number of nitrogens with zero attached hydrogens (tertiary/aromatic N) is 1. The van der Waals surface area contributed by atoms with E-state index in [9.17, 15) is 5.11 Å². The fourth-order valence-corrected chi connectivity index (χ4v) is 1.72. The zero-order valence-electron chi connectivity index (χ0n) is 9.98. The van der Waals surface area contributed by atoms with Crippen molar-refractivity contribution in [3.05, 3.63) is 35.9 Å². The SMILES string of the molecule is CN=C([O-])CCCCCCc1ccccc1. The van der Waals surface area contributed by atoms with Gasteiger partial charge in [-0.25, -0.2) is 0 Å². The monoisotopic (exact) mass is 218 g/mol. The summed E-state index contributed by atoms with van der Waals surface area (Å²) in [6.07, 6.45) is 6.28. The fraction of sp³-hybridized carbons (Fsp3) is 0.500. The van der Waals surface area contributed by atoms with Crippen molar-refractivity contribution >= 4 is 5.90 Å². The van der Waals surface area contributed by atoms with Crippen LogP contribution in [0.3, 0.4) is 0 Å². The van der Waals surface area contributed by atoms with Crippen molar-refractivity contribution in [2.24, 2.45) is 4.99 Å². The molecule has 0 fully saturated rings. The molecule has 0 spiro atoms. The van der Waals surface area contributed by atoms with Crippen molar-refractivity contribution in [3.63, 3.8) is 0 Å². The average molecular weight is 218 g/mol. The molecule has 0 aliphatic carbocycles. The molecule has 1 rings (SSSR count). The van der Waals surface area contributed by atoms with Gasteiger partial charge in [0, 0.05) is 7.05 Å². The van der Waals surface area contributed by atoms with Gasteiger partial charge in [-0.3, -0.25) is 0 Å². The summed E-state index contributed by atoms with van der Waals surface area (Å²) < 4.78 is 0. The van der Waals surface area contributed by atoms with Gasteiger partial charge in [-0.1, -0.05) is 43.2 Å². The second-order valence-corrected chi connectivity index (χ2v) is 4.02. The zero-order chi connectivity index (χ0) is 11.6. The average Bonchev–Trinajstić information content (AvgIpc) is 2.34. The van der Waals surface area contributed by atoms with Crippen LogP contribution in [0.1, 0.15) is 37.7 Å². The maximum Gasteiger partial charge on any atom is 0.0265 e. The Morgan fingerprint density at radius 2 is 1.75 bits per heavy atom. The summed E-state index contributed by atoms with van der Waals surface area (Å²) in [5, 5.41) is 10.9. The molecule has 0 N–H and O–H groups in total. The Hall–Kier alpha value is -1.31. The van der Waals surface area contributed by atoms with Crippen molar-refractivity contribution in [2.75, 3.05) is 7.05 Å². The predicted octanol–water partition coefficient (Wildman–Crippen LogP) is 2.57. The van der Waals surface area contributed by atoms with E-state index in [1.807, 2.05) is 6.07 Å². The number of aliphatic imine (C=N–C) groups is 1. The van der Waals surface area contributed by atoms with Crippen molar-refractivity contribution in [1.82, 2.24) is 0 Å². The van der Waals surface area contributed by atoms with Crippen LogP contribution >= 0.6 is 0 Å². The Bertz CT molecular complexity index is 306. The van der Waals surface area contributed by atoms with Crippen LogP contribution in [0.2, 0.25) is 0 Å². The first-order valence-corrected chi connectivity index (χ1v) is 5.99. The molecular weight excluding hydrogens is 198 g/mol. The van der Waals surface area contributed by atoms with Crippen LogP contribution < -0.4 is 5.11 Å². The van der Waals surface area contributed by atoms with E-state index < -0.39 is 0 Å². The first-order valence-electron chi connectivity index (χ1n) is 5.99. The molecule has 0 saturated heterocycles. The largest absolute Gasteiger partial charge is 0.862 e. The van der Waals surface area contributed by atoms with Crippen LogP contribution in [0.5, 0.6) is 0 Å². The molecule has 0 radical (unpaired) electrons. The van der Waals surface area contributed by atoms with Gasteiger partial charge in [-0.05, 0) is 37.1 Å². The van der Waals surface area contributed by atoms with Crippen molar-refractivity contribution in [1.29, 1.82) is 0 Å². The fourth-order valence-electron chi connectivity index (χ4n) is 1.72. The highest BCUT2D eigenvalue weighted by molar-refractivity contribution is 5.70. The maximum absolute atomic E-state index is 10.9. The van der Waals surface area contributed by atoms with Gasteiger partial charge in [0.2, 0.25) is 0 Å². The number of hydrogen-bond acceptors (Lipinski definition) is 2. The molecule has 0 amide bonds. The summed E-state index contributed by atoms with van der Waals surface area (Å²) in [7, 11) is 1.57. The van der Waals surface area contributed by atoms with Gasteiger partial charge in [0.25, 0.3) is 0 Å². The van der Waals surface area contributed by atoms with Crippen LogP contribution in [-0.2, 0) is 6.42 Å². The number of rotatable bonds is 7. The third kappa shape index (κ3) is 5.54. The van der Waals surface area contributed by atoms with Gasteiger partial charge in [-0.15, -0.1) is 0 Å². The first-order chi connectivity index (χ1) is 7.83. The molecule has 2 heteroatoms. The van der Waals surface area contributed by atoms with E-state index >= 15 is 0 Å². The van der Waals surface area contributed by atoms with E-state index in [-0.39, 0.29) is 5.90 Å². The molecule has 0 bridgehead atoms. The second-order valence-electron chi connectivity index (χ2n) is 4.02. The third-order valence-electron chi connectivity index (χ3n) is 2.70. The highest BCUT2D eigenvalue weighted by atomic mass is 16.3. The summed E-state index contributed by atoms with van der Waals surface area (Å²) in [5.74, 6) is 0.0306. The minimum atomic E-state index is 0.0306. The molecule has 0 heterocycles. The molecule has 16 heavy (non-hydrogen) atoms. The van der Waals surface area contributed by atoms with Crippen molar-refractivity contribution in [3.8, 4) is 0 Å². The summed E-state index contributed by atoms with van der Waals surface area (Å²) in [5.41, 5.74) is 1.40. The Balaban J connectivity index is 2.01. The maximum atomic E-state index is 10.9. The molecule has 1 aromatic rings. The van der Waals surface area contributed by atoms with E-state index in [0.717, 1.165) is 19.3 Å². The smallest absolute Gasteiger partial charge is 0.0265 e. The van der Waals surface area contributed by atoms with E-state index in [4.69, 9.17) is 0 Å². The highest BCUT2D eigenvalue weighted by Crippen LogP contribution is 2.08. The molecule has 1 aromatic carbocycles.